The first-order valence-corrected chi connectivity index (χ1v) is 5.33. The van der Waals surface area contributed by atoms with E-state index in [1.807, 2.05) is 13.8 Å². The molecule has 0 aromatic carbocycles. The summed E-state index contributed by atoms with van der Waals surface area (Å²) in [5, 5.41) is 0.369. The molecular formula is C11H14ClNO2. The predicted molar refractivity (Wildman–Crippen MR) is 59.0 cm³/mol. The van der Waals surface area contributed by atoms with Crippen molar-refractivity contribution in [3.05, 3.63) is 29.0 Å². The van der Waals surface area contributed by atoms with Gasteiger partial charge in [-0.2, -0.15) is 0 Å². The van der Waals surface area contributed by atoms with Gasteiger partial charge in [-0.25, -0.2) is 9.78 Å². The number of ether oxygens (including phenoxy) is 1. The number of carbonyl (C=O) groups is 1. The van der Waals surface area contributed by atoms with Gasteiger partial charge in [-0.1, -0.05) is 24.9 Å². The van der Waals surface area contributed by atoms with E-state index in [2.05, 4.69) is 4.98 Å². The number of nitrogens with zero attached hydrogens (tertiary/aromatic N) is 1. The summed E-state index contributed by atoms with van der Waals surface area (Å²) in [5.74, 6) is -0.347. The van der Waals surface area contributed by atoms with Crippen molar-refractivity contribution in [3.8, 4) is 0 Å². The minimum absolute atomic E-state index is 0.0572. The van der Waals surface area contributed by atoms with Crippen molar-refractivity contribution < 1.29 is 9.53 Å². The Kier molecular flexibility index (Phi) is 4.56. The lowest BCUT2D eigenvalue weighted by molar-refractivity contribution is 0.0323. The molecule has 1 heterocycles. The van der Waals surface area contributed by atoms with Gasteiger partial charge in [0, 0.05) is 6.20 Å². The van der Waals surface area contributed by atoms with Gasteiger partial charge in [-0.05, 0) is 25.5 Å². The number of pyridine rings is 1. The van der Waals surface area contributed by atoms with Crippen molar-refractivity contribution in [1.82, 2.24) is 4.98 Å². The van der Waals surface area contributed by atoms with Crippen LogP contribution in [-0.4, -0.2) is 17.1 Å². The quantitative estimate of drug-likeness (QED) is 0.586. The standard InChI is InChI=1S/C11H14ClNO2/c1-3-4-8(2)15-11(14)9-5-6-10(12)13-7-9/h5-8H,3-4H2,1-2H3. The maximum atomic E-state index is 11.5. The molecule has 0 aliphatic carbocycles. The molecule has 1 atom stereocenters. The summed E-state index contributed by atoms with van der Waals surface area (Å²) in [6, 6.07) is 3.18. The number of rotatable bonds is 4. The van der Waals surface area contributed by atoms with E-state index in [9.17, 15) is 4.79 Å². The average molecular weight is 228 g/mol. The van der Waals surface area contributed by atoms with Gasteiger partial charge in [0.1, 0.15) is 5.15 Å². The highest BCUT2D eigenvalue weighted by atomic mass is 35.5. The Morgan fingerprint density at radius 3 is 2.87 bits per heavy atom. The molecule has 0 fully saturated rings. The number of esters is 1. The van der Waals surface area contributed by atoms with Crippen LogP contribution >= 0.6 is 11.6 Å². The van der Waals surface area contributed by atoms with E-state index in [4.69, 9.17) is 16.3 Å². The summed E-state index contributed by atoms with van der Waals surface area (Å²) in [5.41, 5.74) is 0.433. The normalized spacial score (nSPS) is 12.2. The van der Waals surface area contributed by atoms with Gasteiger partial charge < -0.3 is 4.74 Å². The number of hydrogen-bond donors (Lipinski definition) is 0. The van der Waals surface area contributed by atoms with Crippen LogP contribution in [0.25, 0.3) is 0 Å². The molecule has 0 spiro atoms. The van der Waals surface area contributed by atoms with Crippen LogP contribution in [0.4, 0.5) is 0 Å². The molecule has 1 unspecified atom stereocenters. The molecule has 0 aliphatic rings. The zero-order chi connectivity index (χ0) is 11.3. The Labute approximate surface area is 94.4 Å². The third-order valence-corrected chi connectivity index (χ3v) is 2.19. The topological polar surface area (TPSA) is 39.2 Å². The van der Waals surface area contributed by atoms with Crippen molar-refractivity contribution in [3.63, 3.8) is 0 Å². The predicted octanol–water partition coefficient (Wildman–Crippen LogP) is 3.08. The molecule has 1 aromatic heterocycles. The van der Waals surface area contributed by atoms with Gasteiger partial charge in [0.2, 0.25) is 0 Å². The lowest BCUT2D eigenvalue weighted by atomic mass is 10.2. The second-order valence-electron chi connectivity index (χ2n) is 3.37. The molecule has 3 nitrogen and oxygen atoms in total. The summed E-state index contributed by atoms with van der Waals surface area (Å²) < 4.78 is 5.19. The molecule has 0 aliphatic heterocycles. The van der Waals surface area contributed by atoms with Crippen molar-refractivity contribution in [2.75, 3.05) is 0 Å². The van der Waals surface area contributed by atoms with Gasteiger partial charge in [0.05, 0.1) is 11.7 Å². The average Bonchev–Trinajstić information content (AvgIpc) is 2.18. The fourth-order valence-corrected chi connectivity index (χ4v) is 1.32. The first-order valence-electron chi connectivity index (χ1n) is 4.96. The zero-order valence-electron chi connectivity index (χ0n) is 8.87. The summed E-state index contributed by atoms with van der Waals surface area (Å²) in [6.07, 6.45) is 3.22. The van der Waals surface area contributed by atoms with E-state index in [1.54, 1.807) is 12.1 Å². The van der Waals surface area contributed by atoms with E-state index in [1.165, 1.54) is 6.20 Å². The van der Waals surface area contributed by atoms with E-state index in [0.717, 1.165) is 12.8 Å². The van der Waals surface area contributed by atoms with Crippen molar-refractivity contribution in [1.29, 1.82) is 0 Å². The summed E-state index contributed by atoms with van der Waals surface area (Å²) >= 11 is 5.61. The van der Waals surface area contributed by atoms with Gasteiger partial charge in [-0.3, -0.25) is 0 Å². The molecular weight excluding hydrogens is 214 g/mol. The number of halogens is 1. The molecule has 0 bridgehead atoms. The molecule has 1 rings (SSSR count). The first kappa shape index (κ1) is 12.0. The van der Waals surface area contributed by atoms with Crippen molar-refractivity contribution >= 4 is 17.6 Å². The zero-order valence-corrected chi connectivity index (χ0v) is 9.62. The number of hydrogen-bond acceptors (Lipinski definition) is 3. The summed E-state index contributed by atoms with van der Waals surface area (Å²) in [4.78, 5) is 15.4. The largest absolute Gasteiger partial charge is 0.459 e. The molecule has 15 heavy (non-hydrogen) atoms. The Hall–Kier alpha value is -1.09. The lowest BCUT2D eigenvalue weighted by Gasteiger charge is -2.11. The Balaban J connectivity index is 2.57. The molecule has 0 radical (unpaired) electrons. The Bertz CT molecular complexity index is 324. The monoisotopic (exact) mass is 227 g/mol. The highest BCUT2D eigenvalue weighted by Gasteiger charge is 2.11. The molecule has 4 heteroatoms. The van der Waals surface area contributed by atoms with Gasteiger partial charge in [-0.15, -0.1) is 0 Å². The maximum absolute atomic E-state index is 11.5. The van der Waals surface area contributed by atoms with Crippen molar-refractivity contribution in [2.45, 2.75) is 32.8 Å². The number of carbonyl (C=O) groups excluding carboxylic acids is 1. The second kappa shape index (κ2) is 5.71. The summed E-state index contributed by atoms with van der Waals surface area (Å²) in [6.45, 7) is 3.93. The minimum atomic E-state index is -0.347. The van der Waals surface area contributed by atoms with Gasteiger partial charge in [0.25, 0.3) is 0 Å². The smallest absolute Gasteiger partial charge is 0.339 e. The lowest BCUT2D eigenvalue weighted by Crippen LogP contribution is -2.14. The molecule has 0 amide bonds. The van der Waals surface area contributed by atoms with Crippen LogP contribution in [0.2, 0.25) is 5.15 Å². The van der Waals surface area contributed by atoms with Gasteiger partial charge >= 0.3 is 5.97 Å². The molecule has 82 valence electrons. The van der Waals surface area contributed by atoms with Crippen molar-refractivity contribution in [2.24, 2.45) is 0 Å². The van der Waals surface area contributed by atoms with Crippen LogP contribution in [0.3, 0.4) is 0 Å². The van der Waals surface area contributed by atoms with E-state index in [0.29, 0.717) is 10.7 Å². The molecule has 0 N–H and O–H groups in total. The van der Waals surface area contributed by atoms with Gasteiger partial charge in [0.15, 0.2) is 0 Å². The highest BCUT2D eigenvalue weighted by molar-refractivity contribution is 6.29. The van der Waals surface area contributed by atoms with E-state index < -0.39 is 0 Å². The van der Waals surface area contributed by atoms with Crippen LogP contribution in [0.15, 0.2) is 18.3 Å². The van der Waals surface area contributed by atoms with Crippen LogP contribution in [0.5, 0.6) is 0 Å². The van der Waals surface area contributed by atoms with Crippen LogP contribution in [-0.2, 0) is 4.74 Å². The molecule has 1 aromatic rings. The molecule has 0 saturated heterocycles. The Morgan fingerprint density at radius 2 is 2.33 bits per heavy atom. The third kappa shape index (κ3) is 3.88. The number of aromatic nitrogens is 1. The second-order valence-corrected chi connectivity index (χ2v) is 3.76. The third-order valence-electron chi connectivity index (χ3n) is 1.97. The van der Waals surface area contributed by atoms with Crippen LogP contribution in [0.1, 0.15) is 37.0 Å². The van der Waals surface area contributed by atoms with Crippen LogP contribution in [0, 0.1) is 0 Å². The fourth-order valence-electron chi connectivity index (χ4n) is 1.21. The minimum Gasteiger partial charge on any atom is -0.459 e. The molecule has 0 saturated carbocycles. The Morgan fingerprint density at radius 1 is 1.60 bits per heavy atom. The summed E-state index contributed by atoms with van der Waals surface area (Å²) in [7, 11) is 0. The first-order chi connectivity index (χ1) is 7.13. The SMILES string of the molecule is CCCC(C)OC(=O)c1ccc(Cl)nc1. The fraction of sp³-hybridized carbons (Fsp3) is 0.455. The van der Waals surface area contributed by atoms with Crippen LogP contribution < -0.4 is 0 Å². The van der Waals surface area contributed by atoms with E-state index >= 15 is 0 Å². The van der Waals surface area contributed by atoms with E-state index in [-0.39, 0.29) is 12.1 Å². The highest BCUT2D eigenvalue weighted by Crippen LogP contribution is 2.09. The maximum Gasteiger partial charge on any atom is 0.339 e.